The second kappa shape index (κ2) is 6.76. The molecule has 116 valence electrons. The molecule has 6 heteroatoms. The standard InChI is InChI=1S/C15H25N5O/c1-11-9-20(15(17-11)16-7-6-8-21-5)10-14-12(2)18-19(4)13(14)3/h9H,6-8,10H2,1-5H3,(H,16,17). The largest absolute Gasteiger partial charge is 0.385 e. The van der Waals surface area contributed by atoms with Gasteiger partial charge in [0.15, 0.2) is 0 Å². The van der Waals surface area contributed by atoms with Crippen molar-refractivity contribution in [2.45, 2.75) is 33.7 Å². The average molecular weight is 291 g/mol. The topological polar surface area (TPSA) is 56.9 Å². The molecule has 0 aromatic carbocycles. The Hall–Kier alpha value is -1.82. The number of aryl methyl sites for hydroxylation is 3. The van der Waals surface area contributed by atoms with Gasteiger partial charge in [0.2, 0.25) is 5.95 Å². The maximum Gasteiger partial charge on any atom is 0.203 e. The van der Waals surface area contributed by atoms with E-state index in [-0.39, 0.29) is 0 Å². The Morgan fingerprint density at radius 3 is 2.67 bits per heavy atom. The Bertz CT molecular complexity index is 599. The molecule has 2 aromatic rings. The van der Waals surface area contributed by atoms with E-state index in [1.165, 1.54) is 11.3 Å². The summed E-state index contributed by atoms with van der Waals surface area (Å²) in [6, 6.07) is 0. The quantitative estimate of drug-likeness (QED) is 0.793. The SMILES string of the molecule is COCCCNc1nc(C)cn1Cc1c(C)nn(C)c1C. The molecule has 6 nitrogen and oxygen atoms in total. The van der Waals surface area contributed by atoms with Gasteiger partial charge in [0.05, 0.1) is 17.9 Å². The summed E-state index contributed by atoms with van der Waals surface area (Å²) in [5.41, 5.74) is 4.55. The second-order valence-electron chi connectivity index (χ2n) is 5.38. The van der Waals surface area contributed by atoms with Crippen LogP contribution >= 0.6 is 0 Å². The molecule has 0 amide bonds. The van der Waals surface area contributed by atoms with Gasteiger partial charge in [0.1, 0.15) is 0 Å². The van der Waals surface area contributed by atoms with Crippen molar-refractivity contribution < 1.29 is 4.74 Å². The molecule has 1 N–H and O–H groups in total. The Morgan fingerprint density at radius 1 is 1.29 bits per heavy atom. The number of nitrogens with one attached hydrogen (secondary N) is 1. The van der Waals surface area contributed by atoms with Crippen molar-refractivity contribution in [1.82, 2.24) is 19.3 Å². The summed E-state index contributed by atoms with van der Waals surface area (Å²) in [6.07, 6.45) is 3.04. The van der Waals surface area contributed by atoms with Gasteiger partial charge in [-0.1, -0.05) is 0 Å². The van der Waals surface area contributed by atoms with E-state index in [2.05, 4.69) is 40.0 Å². The Labute approximate surface area is 126 Å². The number of imidazole rings is 1. The first-order valence-electron chi connectivity index (χ1n) is 7.28. The van der Waals surface area contributed by atoms with Crippen LogP contribution in [0.3, 0.4) is 0 Å². The summed E-state index contributed by atoms with van der Waals surface area (Å²) in [6.45, 7) is 8.57. The first kappa shape index (κ1) is 15.6. The fraction of sp³-hybridized carbons (Fsp3) is 0.600. The minimum absolute atomic E-state index is 0.757. The van der Waals surface area contributed by atoms with Gasteiger partial charge >= 0.3 is 0 Å². The molecule has 2 rings (SSSR count). The van der Waals surface area contributed by atoms with Crippen LogP contribution in [0.1, 0.15) is 29.1 Å². The van der Waals surface area contributed by atoms with Crippen LogP contribution in [0.4, 0.5) is 5.95 Å². The number of ether oxygens (including phenoxy) is 1. The number of anilines is 1. The lowest BCUT2D eigenvalue weighted by molar-refractivity contribution is 0.197. The molecular formula is C15H25N5O. The lowest BCUT2D eigenvalue weighted by atomic mass is 10.2. The van der Waals surface area contributed by atoms with Crippen molar-refractivity contribution in [3.8, 4) is 0 Å². The third kappa shape index (κ3) is 3.64. The normalized spacial score (nSPS) is 11.1. The van der Waals surface area contributed by atoms with Crippen LogP contribution in [-0.2, 0) is 18.3 Å². The van der Waals surface area contributed by atoms with Gasteiger partial charge in [-0.15, -0.1) is 0 Å². The number of hydrogen-bond acceptors (Lipinski definition) is 4. The summed E-state index contributed by atoms with van der Waals surface area (Å²) in [5, 5.41) is 7.86. The first-order valence-corrected chi connectivity index (χ1v) is 7.28. The van der Waals surface area contributed by atoms with Gasteiger partial charge in [-0.3, -0.25) is 4.68 Å². The molecule has 0 aliphatic carbocycles. The van der Waals surface area contributed by atoms with Gasteiger partial charge in [-0.2, -0.15) is 5.10 Å². The van der Waals surface area contributed by atoms with Crippen molar-refractivity contribution in [2.24, 2.45) is 7.05 Å². The fourth-order valence-corrected chi connectivity index (χ4v) is 2.44. The highest BCUT2D eigenvalue weighted by Gasteiger charge is 2.12. The van der Waals surface area contributed by atoms with Crippen molar-refractivity contribution in [2.75, 3.05) is 25.6 Å². The monoisotopic (exact) mass is 291 g/mol. The summed E-state index contributed by atoms with van der Waals surface area (Å²) >= 11 is 0. The highest BCUT2D eigenvalue weighted by molar-refractivity contribution is 5.32. The molecule has 2 heterocycles. The second-order valence-corrected chi connectivity index (χ2v) is 5.38. The number of hydrogen-bond donors (Lipinski definition) is 1. The van der Waals surface area contributed by atoms with Crippen LogP contribution in [0.2, 0.25) is 0 Å². The zero-order valence-electron chi connectivity index (χ0n) is 13.6. The summed E-state index contributed by atoms with van der Waals surface area (Å²) in [4.78, 5) is 4.55. The van der Waals surface area contributed by atoms with E-state index in [1.54, 1.807) is 7.11 Å². The lowest BCUT2D eigenvalue weighted by Crippen LogP contribution is -2.11. The highest BCUT2D eigenvalue weighted by Crippen LogP contribution is 2.17. The molecule has 2 aromatic heterocycles. The van der Waals surface area contributed by atoms with Crippen LogP contribution in [0.5, 0.6) is 0 Å². The van der Waals surface area contributed by atoms with Gasteiger partial charge in [-0.25, -0.2) is 4.98 Å². The van der Waals surface area contributed by atoms with Gasteiger partial charge < -0.3 is 14.6 Å². The molecule has 0 unspecified atom stereocenters. The smallest absolute Gasteiger partial charge is 0.203 e. The molecule has 0 bridgehead atoms. The van der Waals surface area contributed by atoms with Crippen molar-refractivity contribution in [1.29, 1.82) is 0 Å². The van der Waals surface area contributed by atoms with E-state index < -0.39 is 0 Å². The zero-order chi connectivity index (χ0) is 15.4. The van der Waals surface area contributed by atoms with Crippen LogP contribution in [0, 0.1) is 20.8 Å². The molecule has 0 atom stereocenters. The van der Waals surface area contributed by atoms with E-state index in [0.29, 0.717) is 0 Å². The summed E-state index contributed by atoms with van der Waals surface area (Å²) in [5.74, 6) is 0.909. The number of methoxy groups -OCH3 is 1. The molecule has 0 saturated carbocycles. The highest BCUT2D eigenvalue weighted by atomic mass is 16.5. The Kier molecular flexibility index (Phi) is 5.01. The van der Waals surface area contributed by atoms with E-state index >= 15 is 0 Å². The third-order valence-corrected chi connectivity index (χ3v) is 3.69. The summed E-state index contributed by atoms with van der Waals surface area (Å²) in [7, 11) is 3.70. The van der Waals surface area contributed by atoms with Gasteiger partial charge in [0.25, 0.3) is 0 Å². The molecule has 0 fully saturated rings. The first-order chi connectivity index (χ1) is 10.0. The lowest BCUT2D eigenvalue weighted by Gasteiger charge is -2.10. The van der Waals surface area contributed by atoms with E-state index in [0.717, 1.165) is 43.5 Å². The molecule has 21 heavy (non-hydrogen) atoms. The van der Waals surface area contributed by atoms with Crippen molar-refractivity contribution in [3.63, 3.8) is 0 Å². The van der Waals surface area contributed by atoms with Crippen molar-refractivity contribution in [3.05, 3.63) is 28.8 Å². The maximum absolute atomic E-state index is 5.07. The Morgan fingerprint density at radius 2 is 2.05 bits per heavy atom. The van der Waals surface area contributed by atoms with Gasteiger partial charge in [0, 0.05) is 44.8 Å². The molecule has 0 aliphatic heterocycles. The van der Waals surface area contributed by atoms with Crippen LogP contribution in [0.15, 0.2) is 6.20 Å². The fourth-order valence-electron chi connectivity index (χ4n) is 2.44. The zero-order valence-corrected chi connectivity index (χ0v) is 13.6. The van der Waals surface area contributed by atoms with Crippen molar-refractivity contribution >= 4 is 5.95 Å². The van der Waals surface area contributed by atoms with Gasteiger partial charge in [-0.05, 0) is 27.2 Å². The average Bonchev–Trinajstić information content (AvgIpc) is 2.90. The van der Waals surface area contributed by atoms with E-state index in [1.807, 2.05) is 18.7 Å². The minimum Gasteiger partial charge on any atom is -0.385 e. The number of rotatable bonds is 7. The molecular weight excluding hydrogens is 266 g/mol. The number of nitrogens with zero attached hydrogens (tertiary/aromatic N) is 4. The number of aromatic nitrogens is 4. The molecule has 0 spiro atoms. The maximum atomic E-state index is 5.07. The predicted octanol–water partition coefficient (Wildman–Crippen LogP) is 2.04. The minimum atomic E-state index is 0.757. The Balaban J connectivity index is 2.12. The molecule has 0 aliphatic rings. The van der Waals surface area contributed by atoms with Crippen LogP contribution in [0.25, 0.3) is 0 Å². The molecule has 0 radical (unpaired) electrons. The summed E-state index contributed by atoms with van der Waals surface area (Å²) < 4.78 is 9.15. The predicted molar refractivity (Wildman–Crippen MR) is 83.7 cm³/mol. The van der Waals surface area contributed by atoms with E-state index in [4.69, 9.17) is 4.74 Å². The molecule has 0 saturated heterocycles. The van der Waals surface area contributed by atoms with Crippen LogP contribution < -0.4 is 5.32 Å². The van der Waals surface area contributed by atoms with E-state index in [9.17, 15) is 0 Å². The third-order valence-electron chi connectivity index (χ3n) is 3.69. The van der Waals surface area contributed by atoms with Crippen LogP contribution in [-0.4, -0.2) is 39.6 Å².